The summed E-state index contributed by atoms with van der Waals surface area (Å²) in [5, 5.41) is 18.2. The van der Waals surface area contributed by atoms with Gasteiger partial charge in [0.15, 0.2) is 0 Å². The van der Waals surface area contributed by atoms with E-state index in [0.717, 1.165) is 44.9 Å². The summed E-state index contributed by atoms with van der Waals surface area (Å²) in [5.41, 5.74) is 0. The Balaban J connectivity index is 4.47. The molecular weight excluding hydrogens is 595 g/mol. The lowest BCUT2D eigenvalue weighted by Crippen LogP contribution is -2.28. The van der Waals surface area contributed by atoms with Crippen molar-refractivity contribution in [3.63, 3.8) is 0 Å². The van der Waals surface area contributed by atoms with E-state index >= 15 is 0 Å². The number of phosphoric ester groups is 1. The van der Waals surface area contributed by atoms with Gasteiger partial charge in [-0.2, -0.15) is 0 Å². The molecule has 0 amide bonds. The Morgan fingerprint density at radius 1 is 0.689 bits per heavy atom. The van der Waals surface area contributed by atoms with E-state index in [4.69, 9.17) is 19.1 Å². The predicted molar refractivity (Wildman–Crippen MR) is 182 cm³/mol. The first kappa shape index (κ1) is 43.2. The topological polar surface area (TPSA) is 132 Å². The van der Waals surface area contributed by atoms with Crippen LogP contribution in [-0.4, -0.2) is 66.3 Å². The van der Waals surface area contributed by atoms with Gasteiger partial charge in [-0.05, 0) is 38.5 Å². The average Bonchev–Trinajstić information content (AvgIpc) is 3.03. The Hall–Kier alpha value is -1.84. The van der Waals surface area contributed by atoms with Gasteiger partial charge in [-0.1, -0.05) is 126 Å². The fourth-order valence-electron chi connectivity index (χ4n) is 3.96. The zero-order valence-electron chi connectivity index (χ0n) is 27.8. The molecule has 0 radical (unpaired) electrons. The van der Waals surface area contributed by atoms with Crippen molar-refractivity contribution in [1.29, 1.82) is 0 Å². The highest BCUT2D eigenvalue weighted by Crippen LogP contribution is 2.43. The molecule has 3 N–H and O–H groups in total. The molecule has 0 aromatic heterocycles. The second-order valence-corrected chi connectivity index (χ2v) is 12.3. The van der Waals surface area contributed by atoms with Gasteiger partial charge in [-0.3, -0.25) is 13.8 Å². The van der Waals surface area contributed by atoms with Crippen molar-refractivity contribution in [1.82, 2.24) is 0 Å². The van der Waals surface area contributed by atoms with Crippen molar-refractivity contribution in [2.75, 3.05) is 33.0 Å². The number of hydrogen-bond donors (Lipinski definition) is 3. The molecule has 10 heteroatoms. The molecule has 3 unspecified atom stereocenters. The second kappa shape index (κ2) is 32.1. The molecule has 3 atom stereocenters. The third-order valence-electron chi connectivity index (χ3n) is 6.50. The number of allylic oxidation sites excluding steroid dienone is 9. The van der Waals surface area contributed by atoms with Crippen molar-refractivity contribution in [3.05, 3.63) is 60.8 Å². The summed E-state index contributed by atoms with van der Waals surface area (Å²) in [4.78, 5) is 22.3. The number of unbranched alkanes of at least 4 members (excludes halogenated alkanes) is 8. The summed E-state index contributed by atoms with van der Waals surface area (Å²) in [6.45, 7) is 3.21. The first-order chi connectivity index (χ1) is 21.8. The molecule has 0 aliphatic heterocycles. The molecule has 0 saturated heterocycles. The van der Waals surface area contributed by atoms with Crippen molar-refractivity contribution in [3.8, 4) is 0 Å². The third-order valence-corrected chi connectivity index (χ3v) is 7.45. The third kappa shape index (κ3) is 31.9. The van der Waals surface area contributed by atoms with E-state index in [0.29, 0.717) is 13.0 Å². The van der Waals surface area contributed by atoms with Crippen LogP contribution in [0, 0.1) is 0 Å². The first-order valence-corrected chi connectivity index (χ1v) is 18.3. The molecular formula is C35H61O9P. The number of esters is 1. The van der Waals surface area contributed by atoms with E-state index in [2.05, 4.69) is 60.9 Å². The van der Waals surface area contributed by atoms with Gasteiger partial charge in [0, 0.05) is 6.61 Å². The minimum atomic E-state index is -4.53. The number of aliphatic hydroxyl groups excluding tert-OH is 2. The minimum absolute atomic E-state index is 0.00763. The SMILES string of the molecule is CC/C=C\C/C=C\C/C=C\C/C=C\C/C=C\CC(=O)OC(COCCCCCCCCCCC)COP(=O)(O)OCC(O)CO. The molecule has 45 heavy (non-hydrogen) atoms. The van der Waals surface area contributed by atoms with Crippen LogP contribution < -0.4 is 0 Å². The maximum atomic E-state index is 12.4. The average molecular weight is 657 g/mol. The van der Waals surface area contributed by atoms with E-state index < -0.39 is 45.8 Å². The number of ether oxygens (including phenoxy) is 2. The van der Waals surface area contributed by atoms with Gasteiger partial charge in [0.2, 0.25) is 0 Å². The Morgan fingerprint density at radius 2 is 1.18 bits per heavy atom. The molecule has 0 fully saturated rings. The molecule has 0 aromatic rings. The quantitative estimate of drug-likeness (QED) is 0.0293. The van der Waals surface area contributed by atoms with Crippen LogP contribution in [0.2, 0.25) is 0 Å². The van der Waals surface area contributed by atoms with E-state index in [-0.39, 0.29) is 13.0 Å². The second-order valence-electron chi connectivity index (χ2n) is 10.8. The molecule has 0 aliphatic carbocycles. The van der Waals surface area contributed by atoms with Gasteiger partial charge >= 0.3 is 13.8 Å². The van der Waals surface area contributed by atoms with E-state index in [1.54, 1.807) is 6.08 Å². The summed E-state index contributed by atoms with van der Waals surface area (Å²) >= 11 is 0. The molecule has 0 saturated carbocycles. The fourth-order valence-corrected chi connectivity index (χ4v) is 4.75. The van der Waals surface area contributed by atoms with Crippen LogP contribution in [0.4, 0.5) is 0 Å². The summed E-state index contributed by atoms with van der Waals surface area (Å²) < 4.78 is 32.9. The van der Waals surface area contributed by atoms with Gasteiger partial charge in [-0.15, -0.1) is 0 Å². The Labute approximate surface area is 272 Å². The summed E-state index contributed by atoms with van der Waals surface area (Å²) in [6, 6.07) is 0. The van der Waals surface area contributed by atoms with Gasteiger partial charge in [0.1, 0.15) is 12.2 Å². The lowest BCUT2D eigenvalue weighted by molar-refractivity contribution is -0.153. The Kier molecular flexibility index (Phi) is 30.8. The molecule has 9 nitrogen and oxygen atoms in total. The largest absolute Gasteiger partial charge is 0.472 e. The van der Waals surface area contributed by atoms with Gasteiger partial charge < -0.3 is 24.6 Å². The maximum Gasteiger partial charge on any atom is 0.472 e. The molecule has 0 aromatic carbocycles. The molecule has 0 rings (SSSR count). The van der Waals surface area contributed by atoms with Gasteiger partial charge in [0.05, 0.1) is 32.8 Å². The smallest absolute Gasteiger partial charge is 0.457 e. The highest BCUT2D eigenvalue weighted by Gasteiger charge is 2.26. The number of carbonyl (C=O) groups excluding carboxylic acids is 1. The van der Waals surface area contributed by atoms with Crippen LogP contribution >= 0.6 is 7.82 Å². The van der Waals surface area contributed by atoms with Crippen LogP contribution in [0.15, 0.2) is 60.8 Å². The van der Waals surface area contributed by atoms with Gasteiger partial charge in [0.25, 0.3) is 0 Å². The number of aliphatic hydroxyl groups is 2. The van der Waals surface area contributed by atoms with Crippen LogP contribution in [0.1, 0.15) is 110 Å². The number of hydrogen-bond acceptors (Lipinski definition) is 8. The molecule has 0 heterocycles. The Bertz CT molecular complexity index is 882. The normalized spacial score (nSPS) is 15.2. The molecule has 0 aliphatic rings. The molecule has 0 spiro atoms. The van der Waals surface area contributed by atoms with Crippen LogP contribution in [0.25, 0.3) is 0 Å². The highest BCUT2D eigenvalue weighted by atomic mass is 31.2. The number of phosphoric acid groups is 1. The van der Waals surface area contributed by atoms with Gasteiger partial charge in [-0.25, -0.2) is 4.57 Å². The Morgan fingerprint density at radius 3 is 1.71 bits per heavy atom. The lowest BCUT2D eigenvalue weighted by atomic mass is 10.1. The standard InChI is InChI=1S/C35H61O9P/c1-3-5-7-9-11-13-14-15-16-17-18-19-21-23-25-27-35(38)44-34(32-43-45(39,40)42-30-33(37)29-36)31-41-28-26-24-22-20-12-10-8-6-4-2/h5,7,11,13,15-16,18-19,23,25,33-34,36-37H,3-4,6,8-10,12,14,17,20-22,24,26-32H2,1-2H3,(H,39,40)/b7-5-,13-11-,16-15-,19-18-,25-23-. The predicted octanol–water partition coefficient (Wildman–Crippen LogP) is 8.07. The van der Waals surface area contributed by atoms with Crippen molar-refractivity contribution >= 4 is 13.8 Å². The summed E-state index contributed by atoms with van der Waals surface area (Å²) in [6.07, 6.45) is 33.6. The van der Waals surface area contributed by atoms with Crippen molar-refractivity contribution in [2.45, 2.75) is 122 Å². The lowest BCUT2D eigenvalue weighted by Gasteiger charge is -2.20. The summed E-state index contributed by atoms with van der Waals surface area (Å²) in [5.74, 6) is -0.513. The number of carbonyl (C=O) groups is 1. The molecule has 0 bridgehead atoms. The fraction of sp³-hybridized carbons (Fsp3) is 0.686. The van der Waals surface area contributed by atoms with E-state index in [1.807, 2.05) is 12.2 Å². The number of rotatable bonds is 31. The monoisotopic (exact) mass is 656 g/mol. The zero-order valence-corrected chi connectivity index (χ0v) is 28.7. The summed E-state index contributed by atoms with van der Waals surface area (Å²) in [7, 11) is -4.53. The highest BCUT2D eigenvalue weighted by molar-refractivity contribution is 7.47. The van der Waals surface area contributed by atoms with Crippen LogP contribution in [-0.2, 0) is 27.9 Å². The maximum absolute atomic E-state index is 12.4. The van der Waals surface area contributed by atoms with E-state index in [1.165, 1.54) is 38.5 Å². The van der Waals surface area contributed by atoms with Crippen LogP contribution in [0.3, 0.4) is 0 Å². The van der Waals surface area contributed by atoms with E-state index in [9.17, 15) is 19.4 Å². The zero-order chi connectivity index (χ0) is 33.3. The van der Waals surface area contributed by atoms with Crippen molar-refractivity contribution in [2.24, 2.45) is 0 Å². The van der Waals surface area contributed by atoms with Crippen LogP contribution in [0.5, 0.6) is 0 Å². The molecule has 260 valence electrons. The minimum Gasteiger partial charge on any atom is -0.457 e. The van der Waals surface area contributed by atoms with Crippen molar-refractivity contribution < 1.29 is 43.0 Å². The first-order valence-electron chi connectivity index (χ1n) is 16.8.